The van der Waals surface area contributed by atoms with E-state index in [-0.39, 0.29) is 0 Å². The molecular weight excluding hydrogens is 186 g/mol. The Balaban J connectivity index is 2.43. The molecule has 0 fully saturated rings. The first-order valence-electron chi connectivity index (χ1n) is 6.39. The first-order chi connectivity index (χ1) is 7.33. The van der Waals surface area contributed by atoms with Crippen molar-refractivity contribution in [1.82, 2.24) is 9.91 Å². The lowest BCUT2D eigenvalue weighted by Gasteiger charge is -2.29. The van der Waals surface area contributed by atoms with Crippen molar-refractivity contribution in [2.24, 2.45) is 5.10 Å². The Bertz CT molecular complexity index is 191. The fraction of sp³-hybridized carbons (Fsp3) is 0.917. The molecule has 0 radical (unpaired) electrons. The van der Waals surface area contributed by atoms with Gasteiger partial charge in [-0.1, -0.05) is 26.7 Å². The average Bonchev–Trinajstić information content (AvgIpc) is 2.65. The van der Waals surface area contributed by atoms with E-state index in [2.05, 4.69) is 35.8 Å². The molecule has 0 saturated heterocycles. The van der Waals surface area contributed by atoms with Crippen molar-refractivity contribution in [3.63, 3.8) is 0 Å². The topological polar surface area (TPSA) is 18.8 Å². The highest BCUT2D eigenvalue weighted by atomic mass is 15.6. The van der Waals surface area contributed by atoms with E-state index in [0.29, 0.717) is 6.17 Å². The molecule has 0 bridgehead atoms. The van der Waals surface area contributed by atoms with Crippen LogP contribution in [-0.2, 0) is 0 Å². The summed E-state index contributed by atoms with van der Waals surface area (Å²) in [5, 5.41) is 6.67. The molecule has 1 atom stereocenters. The van der Waals surface area contributed by atoms with Crippen molar-refractivity contribution in [2.45, 2.75) is 59.0 Å². The largest absolute Gasteiger partial charge is 0.339 e. The lowest BCUT2D eigenvalue weighted by atomic mass is 10.2. The SMILES string of the molecule is CCCCC1N(CCCC)C=NN1CC. The fourth-order valence-corrected chi connectivity index (χ4v) is 2.00. The third-order valence-corrected chi connectivity index (χ3v) is 2.98. The fourth-order valence-electron chi connectivity index (χ4n) is 2.00. The normalized spacial score (nSPS) is 20.3. The van der Waals surface area contributed by atoms with Crippen LogP contribution in [0, 0.1) is 0 Å². The van der Waals surface area contributed by atoms with Crippen molar-refractivity contribution in [3.8, 4) is 0 Å². The van der Waals surface area contributed by atoms with Gasteiger partial charge in [-0.05, 0) is 26.2 Å². The van der Waals surface area contributed by atoms with Crippen molar-refractivity contribution >= 4 is 6.34 Å². The quantitative estimate of drug-likeness (QED) is 0.645. The highest BCUT2D eigenvalue weighted by Gasteiger charge is 2.25. The number of hydrazone groups is 1. The van der Waals surface area contributed by atoms with Crippen LogP contribution in [-0.4, -0.2) is 35.5 Å². The van der Waals surface area contributed by atoms with Gasteiger partial charge in [-0.15, -0.1) is 0 Å². The average molecular weight is 211 g/mol. The third kappa shape index (κ3) is 3.40. The zero-order chi connectivity index (χ0) is 11.1. The Morgan fingerprint density at radius 2 is 1.87 bits per heavy atom. The van der Waals surface area contributed by atoms with Crippen LogP contribution in [0.4, 0.5) is 0 Å². The summed E-state index contributed by atoms with van der Waals surface area (Å²) in [6.45, 7) is 8.85. The van der Waals surface area contributed by atoms with Gasteiger partial charge in [0.05, 0.1) is 0 Å². The van der Waals surface area contributed by atoms with Crippen molar-refractivity contribution < 1.29 is 0 Å². The maximum absolute atomic E-state index is 4.46. The van der Waals surface area contributed by atoms with Gasteiger partial charge in [-0.2, -0.15) is 5.10 Å². The standard InChI is InChI=1S/C12H25N3/c1-4-7-9-12-14(10-8-5-2)11-13-15(12)6-3/h11-12H,4-10H2,1-3H3. The second kappa shape index (κ2) is 6.70. The summed E-state index contributed by atoms with van der Waals surface area (Å²) in [6, 6.07) is 0. The van der Waals surface area contributed by atoms with Crippen LogP contribution in [0.3, 0.4) is 0 Å². The molecule has 1 rings (SSSR count). The van der Waals surface area contributed by atoms with Crippen molar-refractivity contribution in [2.75, 3.05) is 13.1 Å². The number of hydrogen-bond acceptors (Lipinski definition) is 3. The molecule has 1 unspecified atom stereocenters. The van der Waals surface area contributed by atoms with Gasteiger partial charge in [-0.25, -0.2) is 0 Å². The Labute approximate surface area is 94.1 Å². The predicted octanol–water partition coefficient (Wildman–Crippen LogP) is 2.88. The van der Waals surface area contributed by atoms with Crippen LogP contribution in [0.5, 0.6) is 0 Å². The zero-order valence-electron chi connectivity index (χ0n) is 10.4. The molecule has 0 N–H and O–H groups in total. The molecule has 0 aromatic heterocycles. The minimum Gasteiger partial charge on any atom is -0.339 e. The second-order valence-electron chi connectivity index (χ2n) is 4.20. The molecule has 15 heavy (non-hydrogen) atoms. The summed E-state index contributed by atoms with van der Waals surface area (Å²) in [6.07, 6.45) is 8.90. The summed E-state index contributed by atoms with van der Waals surface area (Å²) in [4.78, 5) is 2.41. The summed E-state index contributed by atoms with van der Waals surface area (Å²) >= 11 is 0. The monoisotopic (exact) mass is 211 g/mol. The van der Waals surface area contributed by atoms with E-state index in [0.717, 1.165) is 13.1 Å². The molecule has 1 heterocycles. The molecule has 0 aliphatic carbocycles. The summed E-state index contributed by atoms with van der Waals surface area (Å²) < 4.78 is 0. The third-order valence-electron chi connectivity index (χ3n) is 2.98. The van der Waals surface area contributed by atoms with E-state index in [1.807, 2.05) is 6.34 Å². The van der Waals surface area contributed by atoms with Gasteiger partial charge in [0, 0.05) is 13.1 Å². The minimum atomic E-state index is 0.529. The van der Waals surface area contributed by atoms with E-state index in [9.17, 15) is 0 Å². The van der Waals surface area contributed by atoms with Crippen LogP contribution in [0.1, 0.15) is 52.9 Å². The molecule has 0 spiro atoms. The van der Waals surface area contributed by atoms with E-state index in [1.54, 1.807) is 0 Å². The molecule has 3 nitrogen and oxygen atoms in total. The summed E-state index contributed by atoms with van der Waals surface area (Å²) in [5.74, 6) is 0. The maximum atomic E-state index is 4.46. The lowest BCUT2D eigenvalue weighted by Crippen LogP contribution is -2.40. The van der Waals surface area contributed by atoms with Crippen LogP contribution in [0.2, 0.25) is 0 Å². The highest BCUT2D eigenvalue weighted by molar-refractivity contribution is 5.57. The van der Waals surface area contributed by atoms with Gasteiger partial charge in [0.1, 0.15) is 12.5 Å². The van der Waals surface area contributed by atoms with Gasteiger partial charge < -0.3 is 4.90 Å². The highest BCUT2D eigenvalue weighted by Crippen LogP contribution is 2.18. The van der Waals surface area contributed by atoms with E-state index < -0.39 is 0 Å². The van der Waals surface area contributed by atoms with E-state index >= 15 is 0 Å². The molecule has 0 aromatic rings. The van der Waals surface area contributed by atoms with E-state index in [4.69, 9.17) is 0 Å². The Morgan fingerprint density at radius 3 is 2.47 bits per heavy atom. The zero-order valence-corrected chi connectivity index (χ0v) is 10.4. The molecule has 1 aliphatic rings. The summed E-state index contributed by atoms with van der Waals surface area (Å²) in [5.41, 5.74) is 0. The Kier molecular flexibility index (Phi) is 5.51. The molecule has 88 valence electrons. The van der Waals surface area contributed by atoms with Gasteiger partial charge in [0.15, 0.2) is 0 Å². The number of hydrogen-bond donors (Lipinski definition) is 0. The first kappa shape index (κ1) is 12.3. The molecule has 0 aromatic carbocycles. The maximum Gasteiger partial charge on any atom is 0.119 e. The van der Waals surface area contributed by atoms with Gasteiger partial charge in [0.25, 0.3) is 0 Å². The Hall–Kier alpha value is -0.730. The van der Waals surface area contributed by atoms with Crippen molar-refractivity contribution in [1.29, 1.82) is 0 Å². The van der Waals surface area contributed by atoms with E-state index in [1.165, 1.54) is 32.1 Å². The number of nitrogens with zero attached hydrogens (tertiary/aromatic N) is 3. The second-order valence-corrected chi connectivity index (χ2v) is 4.20. The number of unbranched alkanes of at least 4 members (excludes halogenated alkanes) is 2. The van der Waals surface area contributed by atoms with Crippen LogP contribution >= 0.6 is 0 Å². The smallest absolute Gasteiger partial charge is 0.119 e. The Morgan fingerprint density at radius 1 is 1.13 bits per heavy atom. The van der Waals surface area contributed by atoms with Gasteiger partial charge in [0.2, 0.25) is 0 Å². The van der Waals surface area contributed by atoms with Gasteiger partial charge >= 0.3 is 0 Å². The van der Waals surface area contributed by atoms with Crippen LogP contribution in [0.25, 0.3) is 0 Å². The summed E-state index contributed by atoms with van der Waals surface area (Å²) in [7, 11) is 0. The first-order valence-corrected chi connectivity index (χ1v) is 6.39. The number of rotatable bonds is 7. The molecule has 0 amide bonds. The molecule has 0 saturated carbocycles. The van der Waals surface area contributed by atoms with Crippen molar-refractivity contribution in [3.05, 3.63) is 0 Å². The van der Waals surface area contributed by atoms with Crippen LogP contribution in [0.15, 0.2) is 5.10 Å². The molecule has 1 aliphatic heterocycles. The lowest BCUT2D eigenvalue weighted by molar-refractivity contribution is 0.125. The molecule has 3 heteroatoms. The van der Waals surface area contributed by atoms with Gasteiger partial charge in [-0.3, -0.25) is 5.01 Å². The molecular formula is C12H25N3. The predicted molar refractivity (Wildman–Crippen MR) is 65.8 cm³/mol. The minimum absolute atomic E-state index is 0.529. The van der Waals surface area contributed by atoms with Crippen LogP contribution < -0.4 is 0 Å².